The molecule has 0 saturated carbocycles. The maximum Gasteiger partial charge on any atom is 0.410 e. The number of alkyl halides is 1. The average Bonchev–Trinajstić information content (AvgIpc) is 2.31. The number of rotatable bonds is 0. The van der Waals surface area contributed by atoms with Crippen LogP contribution in [0.2, 0.25) is 0 Å². The minimum absolute atomic E-state index is 0.120. The summed E-state index contributed by atoms with van der Waals surface area (Å²) in [5, 5.41) is 0. The zero-order valence-electron chi connectivity index (χ0n) is 8.21. The summed E-state index contributed by atoms with van der Waals surface area (Å²) in [6.45, 7) is 5.83. The molecule has 1 heterocycles. The monoisotopic (exact) mass is 188 g/mol. The standard InChI is InChI=1S/C9H15FNO2/c1-9(2,3)13-8(12)11-5-4-7(10)6-11/h4,7H,5-6H2,1-3H3/t7-/m0/s1. The van der Waals surface area contributed by atoms with E-state index in [4.69, 9.17) is 4.74 Å². The molecular weight excluding hydrogens is 173 g/mol. The van der Waals surface area contributed by atoms with Crippen molar-refractivity contribution in [2.75, 3.05) is 13.1 Å². The Balaban J connectivity index is 2.41. The van der Waals surface area contributed by atoms with Gasteiger partial charge >= 0.3 is 6.09 Å². The van der Waals surface area contributed by atoms with Gasteiger partial charge in [0.1, 0.15) is 11.8 Å². The van der Waals surface area contributed by atoms with Gasteiger partial charge in [-0.05, 0) is 20.8 Å². The second-order valence-corrected chi connectivity index (χ2v) is 4.14. The predicted octanol–water partition coefficient (Wildman–Crippen LogP) is 1.78. The molecule has 1 fully saturated rings. The van der Waals surface area contributed by atoms with Crippen LogP contribution in [0.4, 0.5) is 9.18 Å². The molecular formula is C9H15FNO2. The summed E-state index contributed by atoms with van der Waals surface area (Å²) in [7, 11) is 0. The van der Waals surface area contributed by atoms with Gasteiger partial charge in [-0.25, -0.2) is 9.18 Å². The van der Waals surface area contributed by atoms with Crippen LogP contribution in [0, 0.1) is 6.42 Å². The van der Waals surface area contributed by atoms with E-state index in [2.05, 4.69) is 0 Å². The number of ether oxygens (including phenoxy) is 1. The average molecular weight is 188 g/mol. The fourth-order valence-corrected chi connectivity index (χ4v) is 1.08. The first kappa shape index (κ1) is 10.3. The summed E-state index contributed by atoms with van der Waals surface area (Å²) < 4.78 is 17.7. The van der Waals surface area contributed by atoms with Gasteiger partial charge in [0.05, 0.1) is 6.54 Å². The lowest BCUT2D eigenvalue weighted by Crippen LogP contribution is -2.35. The van der Waals surface area contributed by atoms with Gasteiger partial charge in [-0.15, -0.1) is 0 Å². The van der Waals surface area contributed by atoms with E-state index in [0.29, 0.717) is 6.54 Å². The molecule has 4 heteroatoms. The molecule has 0 spiro atoms. The van der Waals surface area contributed by atoms with Crippen LogP contribution in [0.25, 0.3) is 0 Å². The van der Waals surface area contributed by atoms with Crippen molar-refractivity contribution in [1.29, 1.82) is 0 Å². The number of carbonyl (C=O) groups is 1. The van der Waals surface area contributed by atoms with Crippen molar-refractivity contribution in [3.63, 3.8) is 0 Å². The van der Waals surface area contributed by atoms with Crippen molar-refractivity contribution >= 4 is 6.09 Å². The third-order valence-corrected chi connectivity index (χ3v) is 1.63. The number of nitrogens with zero attached hydrogens (tertiary/aromatic N) is 1. The Morgan fingerprint density at radius 2 is 2.23 bits per heavy atom. The molecule has 0 aromatic heterocycles. The number of halogens is 1. The third-order valence-electron chi connectivity index (χ3n) is 1.63. The Bertz CT molecular complexity index is 200. The van der Waals surface area contributed by atoms with Crippen molar-refractivity contribution in [2.24, 2.45) is 0 Å². The molecule has 1 rings (SSSR count). The van der Waals surface area contributed by atoms with E-state index < -0.39 is 17.9 Å². The molecule has 0 N–H and O–H groups in total. The van der Waals surface area contributed by atoms with Crippen LogP contribution in [-0.4, -0.2) is 35.9 Å². The molecule has 1 radical (unpaired) electrons. The molecule has 75 valence electrons. The predicted molar refractivity (Wildman–Crippen MR) is 47.0 cm³/mol. The molecule has 0 aromatic rings. The molecule has 1 aliphatic rings. The number of likely N-dealkylation sites (tertiary alicyclic amines) is 1. The number of amides is 1. The normalized spacial score (nSPS) is 23.4. The lowest BCUT2D eigenvalue weighted by molar-refractivity contribution is 0.0286. The highest BCUT2D eigenvalue weighted by molar-refractivity contribution is 5.68. The molecule has 0 unspecified atom stereocenters. The summed E-state index contributed by atoms with van der Waals surface area (Å²) in [5.74, 6) is 0. The van der Waals surface area contributed by atoms with Crippen molar-refractivity contribution in [3.05, 3.63) is 6.42 Å². The Labute approximate surface area is 77.9 Å². The van der Waals surface area contributed by atoms with E-state index >= 15 is 0 Å². The van der Waals surface area contributed by atoms with E-state index in [9.17, 15) is 9.18 Å². The number of hydrogen-bond acceptors (Lipinski definition) is 2. The van der Waals surface area contributed by atoms with Gasteiger partial charge in [0.15, 0.2) is 0 Å². The van der Waals surface area contributed by atoms with E-state index in [-0.39, 0.29) is 6.54 Å². The molecule has 1 atom stereocenters. The van der Waals surface area contributed by atoms with Gasteiger partial charge < -0.3 is 9.64 Å². The van der Waals surface area contributed by atoms with Crippen LogP contribution >= 0.6 is 0 Å². The van der Waals surface area contributed by atoms with Crippen molar-refractivity contribution in [1.82, 2.24) is 4.90 Å². The zero-order chi connectivity index (χ0) is 10.1. The fraction of sp³-hybridized carbons (Fsp3) is 0.778. The van der Waals surface area contributed by atoms with Crippen LogP contribution in [0.3, 0.4) is 0 Å². The van der Waals surface area contributed by atoms with Crippen LogP contribution in [0.1, 0.15) is 20.8 Å². The molecule has 3 nitrogen and oxygen atoms in total. The fourth-order valence-electron chi connectivity index (χ4n) is 1.08. The minimum atomic E-state index is -1.01. The van der Waals surface area contributed by atoms with E-state index in [1.807, 2.05) is 0 Å². The van der Waals surface area contributed by atoms with Gasteiger partial charge in [0.25, 0.3) is 0 Å². The topological polar surface area (TPSA) is 29.5 Å². The van der Waals surface area contributed by atoms with E-state index in [0.717, 1.165) is 0 Å². The molecule has 0 aliphatic carbocycles. The first-order valence-electron chi connectivity index (χ1n) is 4.34. The molecule has 1 aliphatic heterocycles. The van der Waals surface area contributed by atoms with Crippen LogP contribution in [-0.2, 0) is 4.74 Å². The summed E-state index contributed by atoms with van der Waals surface area (Å²) in [6, 6.07) is 0. The smallest absolute Gasteiger partial charge is 0.410 e. The number of hydrogen-bond donors (Lipinski definition) is 0. The Morgan fingerprint density at radius 1 is 1.62 bits per heavy atom. The maximum atomic E-state index is 12.7. The molecule has 13 heavy (non-hydrogen) atoms. The molecule has 1 amide bonds. The summed E-state index contributed by atoms with van der Waals surface area (Å²) in [4.78, 5) is 12.7. The third kappa shape index (κ3) is 3.20. The second-order valence-electron chi connectivity index (χ2n) is 4.14. The largest absolute Gasteiger partial charge is 0.444 e. The van der Waals surface area contributed by atoms with Gasteiger partial charge in [0, 0.05) is 13.0 Å². The highest BCUT2D eigenvalue weighted by atomic mass is 19.1. The Hall–Kier alpha value is -0.800. The van der Waals surface area contributed by atoms with Crippen LogP contribution in [0.15, 0.2) is 0 Å². The molecule has 1 saturated heterocycles. The van der Waals surface area contributed by atoms with Gasteiger partial charge in [-0.3, -0.25) is 0 Å². The quantitative estimate of drug-likeness (QED) is 0.580. The first-order valence-corrected chi connectivity index (χ1v) is 4.34. The minimum Gasteiger partial charge on any atom is -0.444 e. The molecule has 0 bridgehead atoms. The summed E-state index contributed by atoms with van der Waals surface area (Å²) >= 11 is 0. The SMILES string of the molecule is CC(C)(C)OC(=O)N1C[CH][C@H](F)C1. The van der Waals surface area contributed by atoms with Crippen molar-refractivity contribution < 1.29 is 13.9 Å². The van der Waals surface area contributed by atoms with Crippen molar-refractivity contribution in [2.45, 2.75) is 32.5 Å². The van der Waals surface area contributed by atoms with Crippen LogP contribution in [0.5, 0.6) is 0 Å². The van der Waals surface area contributed by atoms with Gasteiger partial charge in [-0.2, -0.15) is 0 Å². The lowest BCUT2D eigenvalue weighted by Gasteiger charge is -2.23. The van der Waals surface area contributed by atoms with E-state index in [1.54, 1.807) is 20.8 Å². The molecule has 0 aromatic carbocycles. The maximum absolute atomic E-state index is 12.7. The van der Waals surface area contributed by atoms with Crippen molar-refractivity contribution in [3.8, 4) is 0 Å². The Morgan fingerprint density at radius 3 is 2.62 bits per heavy atom. The van der Waals surface area contributed by atoms with E-state index in [1.165, 1.54) is 11.3 Å². The second kappa shape index (κ2) is 3.52. The first-order chi connectivity index (χ1) is 5.88. The van der Waals surface area contributed by atoms with Gasteiger partial charge in [0.2, 0.25) is 0 Å². The highest BCUT2D eigenvalue weighted by Gasteiger charge is 2.29. The Kier molecular flexibility index (Phi) is 2.78. The van der Waals surface area contributed by atoms with Gasteiger partial charge in [-0.1, -0.05) is 0 Å². The summed E-state index contributed by atoms with van der Waals surface area (Å²) in [6.07, 6.45) is 0.0145. The zero-order valence-corrected chi connectivity index (χ0v) is 8.21. The number of carbonyl (C=O) groups excluding carboxylic acids is 1. The highest BCUT2D eigenvalue weighted by Crippen LogP contribution is 2.15. The summed E-state index contributed by atoms with van der Waals surface area (Å²) in [5.41, 5.74) is -0.508. The van der Waals surface area contributed by atoms with Crippen LogP contribution < -0.4 is 0 Å². The lowest BCUT2D eigenvalue weighted by atomic mass is 10.2.